The van der Waals surface area contributed by atoms with Gasteiger partial charge in [-0.15, -0.1) is 0 Å². The topological polar surface area (TPSA) is 66.6 Å². The molecule has 0 saturated heterocycles. The van der Waals surface area contributed by atoms with E-state index in [1.165, 1.54) is 24.8 Å². The highest BCUT2D eigenvalue weighted by Gasteiger charge is 2.25. The fraction of sp³-hybridized carbons (Fsp3) is 0.385. The van der Waals surface area contributed by atoms with Gasteiger partial charge < -0.3 is 24.7 Å². The van der Waals surface area contributed by atoms with Gasteiger partial charge in [0.1, 0.15) is 13.2 Å². The second-order valence-electron chi connectivity index (χ2n) is 8.92. The third-order valence-corrected chi connectivity index (χ3v) is 6.84. The molecule has 0 atom stereocenters. The second-order valence-corrected chi connectivity index (χ2v) is 9.31. The molecule has 2 aromatic carbocycles. The number of pyridine rings is 1. The van der Waals surface area contributed by atoms with Gasteiger partial charge >= 0.3 is 0 Å². The van der Waals surface area contributed by atoms with Crippen molar-refractivity contribution in [3.05, 3.63) is 63.9 Å². The summed E-state index contributed by atoms with van der Waals surface area (Å²) in [5.41, 5.74) is 3.51. The maximum atomic E-state index is 13.0. The average Bonchev–Trinajstić information content (AvgIpc) is 2.83. The lowest BCUT2D eigenvalue weighted by Gasteiger charge is -2.36. The minimum Gasteiger partial charge on any atom is -0.486 e. The van der Waals surface area contributed by atoms with E-state index < -0.39 is 0 Å². The molecule has 1 aliphatic carbocycles. The predicted molar refractivity (Wildman–Crippen MR) is 135 cm³/mol. The van der Waals surface area contributed by atoms with Gasteiger partial charge in [-0.25, -0.2) is 0 Å². The zero-order chi connectivity index (χ0) is 22.8. The normalized spacial score (nSPS) is 15.9. The standard InChI is InChI=1S/C26H29N3O3S/c1-17-7-9-20(10-8-17)27-26(33)29(21-5-3-2-4-6-21)16-19-13-18-14-23-24(32-12-11-31-23)15-22(18)28-25(19)30/h7-10,13-15,21H,2-6,11-12,16H2,1H3,(H,27,33)(H,28,30). The van der Waals surface area contributed by atoms with Crippen molar-refractivity contribution >= 4 is 33.9 Å². The SMILES string of the molecule is Cc1ccc(NC(=S)N(Cc2cc3cc4c(cc3[nH]c2=O)OCCO4)C2CCCCC2)cc1. The van der Waals surface area contributed by atoms with Crippen LogP contribution in [0.5, 0.6) is 11.5 Å². The Kier molecular flexibility index (Phi) is 6.22. The first-order valence-electron chi connectivity index (χ1n) is 11.7. The summed E-state index contributed by atoms with van der Waals surface area (Å²) in [4.78, 5) is 18.2. The Morgan fingerprint density at radius 2 is 1.76 bits per heavy atom. The molecule has 0 radical (unpaired) electrons. The fourth-order valence-electron chi connectivity index (χ4n) is 4.68. The van der Waals surface area contributed by atoms with Crippen molar-refractivity contribution in [1.29, 1.82) is 0 Å². The van der Waals surface area contributed by atoms with Gasteiger partial charge in [0, 0.05) is 28.7 Å². The van der Waals surface area contributed by atoms with E-state index in [-0.39, 0.29) is 5.56 Å². The number of hydrogen-bond acceptors (Lipinski definition) is 4. The Morgan fingerprint density at radius 1 is 1.06 bits per heavy atom. The number of aromatic amines is 1. The quantitative estimate of drug-likeness (QED) is 0.523. The lowest BCUT2D eigenvalue weighted by Crippen LogP contribution is -2.44. The molecule has 1 aliphatic heterocycles. The van der Waals surface area contributed by atoms with E-state index in [1.807, 2.05) is 30.3 Å². The van der Waals surface area contributed by atoms with Gasteiger partial charge in [0.15, 0.2) is 16.6 Å². The molecule has 7 heteroatoms. The van der Waals surface area contributed by atoms with Gasteiger partial charge in [0.2, 0.25) is 0 Å². The molecule has 33 heavy (non-hydrogen) atoms. The molecule has 3 aromatic rings. The van der Waals surface area contributed by atoms with Crippen molar-refractivity contribution in [3.8, 4) is 11.5 Å². The van der Waals surface area contributed by atoms with Crippen molar-refractivity contribution in [2.45, 2.75) is 51.6 Å². The monoisotopic (exact) mass is 463 g/mol. The van der Waals surface area contributed by atoms with Crippen molar-refractivity contribution < 1.29 is 9.47 Å². The maximum Gasteiger partial charge on any atom is 0.253 e. The van der Waals surface area contributed by atoms with E-state index in [2.05, 4.69) is 34.3 Å². The van der Waals surface area contributed by atoms with E-state index >= 15 is 0 Å². The van der Waals surface area contributed by atoms with Gasteiger partial charge in [0.05, 0.1) is 12.1 Å². The lowest BCUT2D eigenvalue weighted by molar-refractivity contribution is 0.172. The fourth-order valence-corrected chi connectivity index (χ4v) is 5.01. The minimum absolute atomic E-state index is 0.0990. The number of anilines is 1. The number of fused-ring (bicyclic) bond motifs is 2. The zero-order valence-electron chi connectivity index (χ0n) is 18.9. The summed E-state index contributed by atoms with van der Waals surface area (Å²) in [6, 6.07) is 14.3. The Balaban J connectivity index is 1.45. The summed E-state index contributed by atoms with van der Waals surface area (Å²) in [6.07, 6.45) is 5.80. The smallest absolute Gasteiger partial charge is 0.253 e. The molecule has 5 rings (SSSR count). The van der Waals surface area contributed by atoms with Crippen molar-refractivity contribution in [3.63, 3.8) is 0 Å². The highest BCUT2D eigenvalue weighted by molar-refractivity contribution is 7.80. The molecule has 1 saturated carbocycles. The predicted octanol–water partition coefficient (Wildman–Crippen LogP) is 5.14. The van der Waals surface area contributed by atoms with Gasteiger partial charge in [0.25, 0.3) is 5.56 Å². The number of aromatic nitrogens is 1. The summed E-state index contributed by atoms with van der Waals surface area (Å²) < 4.78 is 11.4. The molecule has 0 amide bonds. The summed E-state index contributed by atoms with van der Waals surface area (Å²) in [5.74, 6) is 1.39. The Morgan fingerprint density at radius 3 is 2.48 bits per heavy atom. The van der Waals surface area contributed by atoms with Crippen LogP contribution in [-0.2, 0) is 6.54 Å². The molecule has 0 unspecified atom stereocenters. The largest absolute Gasteiger partial charge is 0.486 e. The highest BCUT2D eigenvalue weighted by Crippen LogP contribution is 2.34. The number of benzene rings is 2. The maximum absolute atomic E-state index is 13.0. The van der Waals surface area contributed by atoms with E-state index in [1.54, 1.807) is 0 Å². The number of nitrogens with one attached hydrogen (secondary N) is 2. The van der Waals surface area contributed by atoms with Crippen LogP contribution in [-0.4, -0.2) is 34.3 Å². The summed E-state index contributed by atoms with van der Waals surface area (Å²) in [7, 11) is 0. The number of H-pyrrole nitrogens is 1. The van der Waals surface area contributed by atoms with E-state index in [4.69, 9.17) is 21.7 Å². The first-order chi connectivity index (χ1) is 16.1. The molecular formula is C26H29N3O3S. The van der Waals surface area contributed by atoms with Crippen molar-refractivity contribution in [2.75, 3.05) is 18.5 Å². The summed E-state index contributed by atoms with van der Waals surface area (Å²) in [6.45, 7) is 3.57. The number of nitrogens with zero attached hydrogens (tertiary/aromatic N) is 1. The van der Waals surface area contributed by atoms with Gasteiger partial charge in [-0.1, -0.05) is 37.0 Å². The number of hydrogen-bond donors (Lipinski definition) is 2. The van der Waals surface area contributed by atoms with Gasteiger partial charge in [-0.2, -0.15) is 0 Å². The van der Waals surface area contributed by atoms with Crippen LogP contribution in [0.25, 0.3) is 10.9 Å². The number of ether oxygens (including phenoxy) is 2. The molecule has 2 heterocycles. The van der Waals surface area contributed by atoms with Crippen LogP contribution in [0.4, 0.5) is 5.69 Å². The van der Waals surface area contributed by atoms with Crippen LogP contribution < -0.4 is 20.3 Å². The molecule has 172 valence electrons. The average molecular weight is 464 g/mol. The summed E-state index contributed by atoms with van der Waals surface area (Å²) >= 11 is 5.86. The van der Waals surface area contributed by atoms with Crippen LogP contribution in [0.1, 0.15) is 43.2 Å². The third kappa shape index (κ3) is 4.83. The Hall–Kier alpha value is -3.06. The molecule has 1 aromatic heterocycles. The van der Waals surface area contributed by atoms with E-state index in [0.717, 1.165) is 29.4 Å². The Bertz CT molecular complexity index is 1220. The molecule has 0 bridgehead atoms. The highest BCUT2D eigenvalue weighted by atomic mass is 32.1. The molecule has 2 N–H and O–H groups in total. The number of aryl methyl sites for hydroxylation is 1. The molecule has 0 spiro atoms. The molecule has 1 fully saturated rings. The molecule has 2 aliphatic rings. The van der Waals surface area contributed by atoms with E-state index in [9.17, 15) is 4.79 Å². The van der Waals surface area contributed by atoms with Crippen LogP contribution in [0, 0.1) is 6.92 Å². The first kappa shape index (κ1) is 21.8. The first-order valence-corrected chi connectivity index (χ1v) is 12.1. The van der Waals surface area contributed by atoms with Crippen molar-refractivity contribution in [2.24, 2.45) is 0 Å². The Labute approximate surface area is 198 Å². The van der Waals surface area contributed by atoms with Gasteiger partial charge in [-0.3, -0.25) is 4.79 Å². The summed E-state index contributed by atoms with van der Waals surface area (Å²) in [5, 5.41) is 4.98. The molecular weight excluding hydrogens is 434 g/mol. The van der Waals surface area contributed by atoms with Gasteiger partial charge in [-0.05, 0) is 56.2 Å². The second kappa shape index (κ2) is 9.43. The number of thiocarbonyl (C=S) groups is 1. The third-order valence-electron chi connectivity index (χ3n) is 6.50. The molecule has 6 nitrogen and oxygen atoms in total. The zero-order valence-corrected chi connectivity index (χ0v) is 19.7. The lowest BCUT2D eigenvalue weighted by atomic mass is 9.94. The van der Waals surface area contributed by atoms with Crippen LogP contribution in [0.3, 0.4) is 0 Å². The minimum atomic E-state index is -0.0990. The van der Waals surface area contributed by atoms with Crippen LogP contribution in [0.2, 0.25) is 0 Å². The van der Waals surface area contributed by atoms with E-state index in [0.29, 0.717) is 48.0 Å². The number of rotatable bonds is 4. The van der Waals surface area contributed by atoms with Crippen LogP contribution in [0.15, 0.2) is 47.3 Å². The van der Waals surface area contributed by atoms with Crippen molar-refractivity contribution in [1.82, 2.24) is 9.88 Å². The van der Waals surface area contributed by atoms with Crippen LogP contribution >= 0.6 is 12.2 Å².